The van der Waals surface area contributed by atoms with Gasteiger partial charge in [-0.2, -0.15) is 0 Å². The van der Waals surface area contributed by atoms with Gasteiger partial charge in [-0.25, -0.2) is 0 Å². The molecule has 1 atom stereocenters. The van der Waals surface area contributed by atoms with Crippen LogP contribution in [0.4, 0.5) is 0 Å². The third kappa shape index (κ3) is 4.17. The molecule has 144 valence electrons. The zero-order valence-corrected chi connectivity index (χ0v) is 16.2. The molecule has 3 aromatic rings. The van der Waals surface area contributed by atoms with Crippen LogP contribution in [0.15, 0.2) is 60.8 Å². The van der Waals surface area contributed by atoms with E-state index in [0.29, 0.717) is 30.3 Å². The summed E-state index contributed by atoms with van der Waals surface area (Å²) in [6.45, 7) is 3.58. The predicted octanol–water partition coefficient (Wildman–Crippen LogP) is 3.69. The highest BCUT2D eigenvalue weighted by Crippen LogP contribution is 2.23. The molecule has 1 fully saturated rings. The second-order valence-electron chi connectivity index (χ2n) is 6.80. The minimum absolute atomic E-state index is 0.0678. The number of fused-ring (bicyclic) bond motifs is 1. The molecule has 4 rings (SSSR count). The molecule has 2 heterocycles. The summed E-state index contributed by atoms with van der Waals surface area (Å²) in [5.41, 5.74) is 2.59. The van der Waals surface area contributed by atoms with Gasteiger partial charge in [-0.1, -0.05) is 35.9 Å². The predicted molar refractivity (Wildman–Crippen MR) is 111 cm³/mol. The number of nitrogens with one attached hydrogen (secondary N) is 1. The van der Waals surface area contributed by atoms with Crippen molar-refractivity contribution >= 4 is 28.4 Å². The van der Waals surface area contributed by atoms with Crippen LogP contribution in [0.2, 0.25) is 5.02 Å². The summed E-state index contributed by atoms with van der Waals surface area (Å²) in [6, 6.07) is 17.3. The summed E-state index contributed by atoms with van der Waals surface area (Å²) in [7, 11) is 0. The Hall–Kier alpha value is -2.47. The van der Waals surface area contributed by atoms with Crippen molar-refractivity contribution in [3.8, 4) is 0 Å². The Kier molecular flexibility index (Phi) is 5.86. The molecular weight excluding hydrogens is 374 g/mol. The number of hydrogen-bond donors (Lipinski definition) is 1. The van der Waals surface area contributed by atoms with E-state index in [1.807, 2.05) is 54.6 Å². The van der Waals surface area contributed by atoms with Gasteiger partial charge in [0.2, 0.25) is 0 Å². The molecule has 0 spiro atoms. The summed E-state index contributed by atoms with van der Waals surface area (Å²) >= 11 is 6.06. The molecule has 1 saturated heterocycles. The van der Waals surface area contributed by atoms with Crippen LogP contribution in [-0.2, 0) is 4.74 Å². The largest absolute Gasteiger partial charge is 0.379 e. The lowest BCUT2D eigenvalue weighted by molar-refractivity contribution is 0.0162. The van der Waals surface area contributed by atoms with Crippen LogP contribution in [0.5, 0.6) is 0 Å². The summed E-state index contributed by atoms with van der Waals surface area (Å²) < 4.78 is 5.49. The Morgan fingerprint density at radius 2 is 1.89 bits per heavy atom. The molecule has 1 amide bonds. The van der Waals surface area contributed by atoms with Gasteiger partial charge in [-0.3, -0.25) is 14.7 Å². The maximum absolute atomic E-state index is 12.9. The Bertz CT molecular complexity index is 950. The van der Waals surface area contributed by atoms with Gasteiger partial charge in [0.25, 0.3) is 5.91 Å². The number of pyridine rings is 1. The highest BCUT2D eigenvalue weighted by Gasteiger charge is 2.23. The second kappa shape index (κ2) is 8.69. The summed E-state index contributed by atoms with van der Waals surface area (Å²) in [6.07, 6.45) is 1.74. The van der Waals surface area contributed by atoms with Crippen LogP contribution in [0, 0.1) is 0 Å². The van der Waals surface area contributed by atoms with E-state index in [4.69, 9.17) is 16.3 Å². The molecule has 2 aromatic carbocycles. The minimum Gasteiger partial charge on any atom is -0.379 e. The summed E-state index contributed by atoms with van der Waals surface area (Å²) in [4.78, 5) is 19.6. The van der Waals surface area contributed by atoms with E-state index in [1.54, 1.807) is 6.20 Å². The Balaban J connectivity index is 1.54. The number of carbonyl (C=O) groups is 1. The van der Waals surface area contributed by atoms with E-state index in [2.05, 4.69) is 15.2 Å². The first-order valence-electron chi connectivity index (χ1n) is 9.41. The van der Waals surface area contributed by atoms with E-state index in [9.17, 15) is 4.79 Å². The third-order valence-electron chi connectivity index (χ3n) is 5.09. The molecule has 28 heavy (non-hydrogen) atoms. The molecule has 0 saturated carbocycles. The molecule has 5 nitrogen and oxygen atoms in total. The summed E-state index contributed by atoms with van der Waals surface area (Å²) in [5.74, 6) is -0.0918. The van der Waals surface area contributed by atoms with E-state index in [1.165, 1.54) is 0 Å². The molecule has 1 aliphatic rings. The molecule has 0 aliphatic carbocycles. The number of rotatable bonds is 5. The van der Waals surface area contributed by atoms with Gasteiger partial charge in [0.05, 0.1) is 24.8 Å². The van der Waals surface area contributed by atoms with Crippen molar-refractivity contribution < 1.29 is 9.53 Å². The van der Waals surface area contributed by atoms with Crippen LogP contribution in [0.1, 0.15) is 22.0 Å². The zero-order chi connectivity index (χ0) is 19.3. The van der Waals surface area contributed by atoms with E-state index >= 15 is 0 Å². The second-order valence-corrected chi connectivity index (χ2v) is 7.24. The average Bonchev–Trinajstić information content (AvgIpc) is 2.75. The zero-order valence-electron chi connectivity index (χ0n) is 15.5. The lowest BCUT2D eigenvalue weighted by Crippen LogP contribution is -2.43. The average molecular weight is 396 g/mol. The minimum atomic E-state index is -0.0918. The molecule has 1 aliphatic heterocycles. The Labute approximate surface area is 169 Å². The monoisotopic (exact) mass is 395 g/mol. The molecular formula is C22H22ClN3O2. The normalized spacial score (nSPS) is 16.0. The molecule has 6 heteroatoms. The van der Waals surface area contributed by atoms with Crippen molar-refractivity contribution in [2.75, 3.05) is 32.8 Å². The van der Waals surface area contributed by atoms with Gasteiger partial charge in [0.1, 0.15) is 0 Å². The molecule has 1 unspecified atom stereocenters. The number of morpholine rings is 1. The fourth-order valence-corrected chi connectivity index (χ4v) is 3.74. The standard InChI is InChI=1S/C22H22ClN3O2/c23-17-8-6-16(7-9-17)21(26-11-13-28-14-12-26)15-25-22(27)19-3-1-5-20-18(19)4-2-10-24-20/h1-10,21H,11-15H2,(H,25,27). The first-order valence-corrected chi connectivity index (χ1v) is 9.79. The van der Waals surface area contributed by atoms with Gasteiger partial charge in [-0.15, -0.1) is 0 Å². The van der Waals surface area contributed by atoms with Crippen molar-refractivity contribution in [1.29, 1.82) is 0 Å². The van der Waals surface area contributed by atoms with Gasteiger partial charge in [0.15, 0.2) is 0 Å². The Morgan fingerprint density at radius 3 is 2.68 bits per heavy atom. The van der Waals surface area contributed by atoms with Crippen molar-refractivity contribution in [3.05, 3.63) is 76.9 Å². The van der Waals surface area contributed by atoms with Gasteiger partial charge in [-0.05, 0) is 35.9 Å². The van der Waals surface area contributed by atoms with E-state index in [-0.39, 0.29) is 11.9 Å². The maximum Gasteiger partial charge on any atom is 0.252 e. The van der Waals surface area contributed by atoms with Crippen molar-refractivity contribution in [3.63, 3.8) is 0 Å². The number of benzene rings is 2. The SMILES string of the molecule is O=C(NCC(c1ccc(Cl)cc1)N1CCOCC1)c1cccc2ncccc12. The van der Waals surface area contributed by atoms with Crippen molar-refractivity contribution in [1.82, 2.24) is 15.2 Å². The number of nitrogens with zero attached hydrogens (tertiary/aromatic N) is 2. The fraction of sp³-hybridized carbons (Fsp3) is 0.273. The third-order valence-corrected chi connectivity index (χ3v) is 5.34. The number of hydrogen-bond acceptors (Lipinski definition) is 4. The number of ether oxygens (including phenoxy) is 1. The number of halogens is 1. The first-order chi connectivity index (χ1) is 13.7. The smallest absolute Gasteiger partial charge is 0.252 e. The van der Waals surface area contributed by atoms with Crippen LogP contribution < -0.4 is 5.32 Å². The lowest BCUT2D eigenvalue weighted by Gasteiger charge is -2.35. The maximum atomic E-state index is 12.9. The van der Waals surface area contributed by atoms with Gasteiger partial charge < -0.3 is 10.1 Å². The topological polar surface area (TPSA) is 54.5 Å². The first kappa shape index (κ1) is 18.9. The molecule has 1 N–H and O–H groups in total. The number of carbonyl (C=O) groups excluding carboxylic acids is 1. The Morgan fingerprint density at radius 1 is 1.11 bits per heavy atom. The van der Waals surface area contributed by atoms with E-state index in [0.717, 1.165) is 29.6 Å². The summed E-state index contributed by atoms with van der Waals surface area (Å²) in [5, 5.41) is 4.68. The van der Waals surface area contributed by atoms with Crippen molar-refractivity contribution in [2.24, 2.45) is 0 Å². The number of aromatic nitrogens is 1. The fourth-order valence-electron chi connectivity index (χ4n) is 3.62. The highest BCUT2D eigenvalue weighted by atomic mass is 35.5. The van der Waals surface area contributed by atoms with Crippen molar-refractivity contribution in [2.45, 2.75) is 6.04 Å². The quantitative estimate of drug-likeness (QED) is 0.715. The van der Waals surface area contributed by atoms with E-state index < -0.39 is 0 Å². The molecule has 0 bridgehead atoms. The molecule has 0 radical (unpaired) electrons. The van der Waals surface area contributed by atoms with Crippen LogP contribution >= 0.6 is 11.6 Å². The van der Waals surface area contributed by atoms with Crippen LogP contribution in [0.3, 0.4) is 0 Å². The lowest BCUT2D eigenvalue weighted by atomic mass is 10.0. The van der Waals surface area contributed by atoms with Crippen LogP contribution in [-0.4, -0.2) is 48.6 Å². The van der Waals surface area contributed by atoms with Gasteiger partial charge >= 0.3 is 0 Å². The highest BCUT2D eigenvalue weighted by molar-refractivity contribution is 6.30. The molecule has 1 aromatic heterocycles. The van der Waals surface area contributed by atoms with Crippen LogP contribution in [0.25, 0.3) is 10.9 Å². The van der Waals surface area contributed by atoms with Gasteiger partial charge in [0, 0.05) is 41.8 Å². The number of amides is 1.